The van der Waals surface area contributed by atoms with Crippen molar-refractivity contribution >= 4 is 5.97 Å². The molecule has 2 aromatic rings. The fourth-order valence-electron chi connectivity index (χ4n) is 1.61. The molecule has 3 nitrogen and oxygen atoms in total. The fourth-order valence-corrected chi connectivity index (χ4v) is 1.61. The Kier molecular flexibility index (Phi) is 3.75. The number of hydrogen-bond acceptors (Lipinski definition) is 3. The van der Waals surface area contributed by atoms with Gasteiger partial charge in [0.2, 0.25) is 0 Å². The van der Waals surface area contributed by atoms with Gasteiger partial charge in [0.05, 0.1) is 11.6 Å². The Balaban J connectivity index is 2.19. The fraction of sp³-hybridized carbons (Fsp3) is 0. The number of nitrogens with zero attached hydrogens (tertiary/aromatic N) is 1. The number of rotatable bonds is 3. The Labute approximate surface area is 111 Å². The molecule has 0 aliphatic rings. The number of esters is 1. The van der Waals surface area contributed by atoms with Crippen molar-refractivity contribution < 1.29 is 9.53 Å². The molecule has 0 aliphatic carbocycles. The molecule has 0 heterocycles. The van der Waals surface area contributed by atoms with Gasteiger partial charge in [0.25, 0.3) is 0 Å². The summed E-state index contributed by atoms with van der Waals surface area (Å²) in [5.41, 5.74) is 2.61. The standard InChI is InChI=1S/C16H11NO2/c1-2-16(18)19-15-9-7-14(8-10-15)13-5-3-12(11-17)4-6-13/h2-10H,1H2. The maximum absolute atomic E-state index is 11.0. The number of benzene rings is 2. The third-order valence-electron chi connectivity index (χ3n) is 2.59. The first-order valence-corrected chi connectivity index (χ1v) is 5.68. The number of nitriles is 1. The molecule has 0 spiro atoms. The molecule has 0 bridgehead atoms. The van der Waals surface area contributed by atoms with Crippen LogP contribution in [-0.2, 0) is 4.79 Å². The van der Waals surface area contributed by atoms with Crippen molar-refractivity contribution in [2.24, 2.45) is 0 Å². The van der Waals surface area contributed by atoms with Crippen LogP contribution in [0.15, 0.2) is 61.2 Å². The molecular formula is C16H11NO2. The number of ether oxygens (including phenoxy) is 1. The minimum atomic E-state index is -0.480. The molecule has 0 amide bonds. The third kappa shape index (κ3) is 3.08. The lowest BCUT2D eigenvalue weighted by Crippen LogP contribution is -2.02. The molecule has 0 N–H and O–H groups in total. The lowest BCUT2D eigenvalue weighted by Gasteiger charge is -2.04. The SMILES string of the molecule is C=CC(=O)Oc1ccc(-c2ccc(C#N)cc2)cc1. The predicted octanol–water partition coefficient (Wildman–Crippen LogP) is 3.32. The van der Waals surface area contributed by atoms with E-state index in [0.29, 0.717) is 11.3 Å². The quantitative estimate of drug-likeness (QED) is 0.476. The molecule has 0 fully saturated rings. The van der Waals surface area contributed by atoms with E-state index in [0.717, 1.165) is 17.2 Å². The monoisotopic (exact) mass is 249 g/mol. The Hall–Kier alpha value is -2.86. The van der Waals surface area contributed by atoms with Gasteiger partial charge in [-0.3, -0.25) is 0 Å². The van der Waals surface area contributed by atoms with Crippen LogP contribution >= 0.6 is 0 Å². The van der Waals surface area contributed by atoms with Crippen LogP contribution in [0.5, 0.6) is 5.75 Å². The van der Waals surface area contributed by atoms with Crippen LogP contribution in [0, 0.1) is 11.3 Å². The van der Waals surface area contributed by atoms with Crippen molar-refractivity contribution in [3.05, 3.63) is 66.7 Å². The summed E-state index contributed by atoms with van der Waals surface area (Å²) in [5, 5.41) is 8.74. The van der Waals surface area contributed by atoms with Crippen LogP contribution in [0.3, 0.4) is 0 Å². The molecule has 0 unspecified atom stereocenters. The topological polar surface area (TPSA) is 50.1 Å². The zero-order chi connectivity index (χ0) is 13.7. The maximum Gasteiger partial charge on any atom is 0.335 e. The normalized spacial score (nSPS) is 9.42. The highest BCUT2D eigenvalue weighted by molar-refractivity contribution is 5.83. The average molecular weight is 249 g/mol. The second-order valence-electron chi connectivity index (χ2n) is 3.84. The molecular weight excluding hydrogens is 238 g/mol. The summed E-state index contributed by atoms with van der Waals surface area (Å²) in [6.07, 6.45) is 1.12. The van der Waals surface area contributed by atoms with Crippen LogP contribution in [-0.4, -0.2) is 5.97 Å². The van der Waals surface area contributed by atoms with Crippen LogP contribution in [0.2, 0.25) is 0 Å². The van der Waals surface area contributed by atoms with E-state index in [1.54, 1.807) is 24.3 Å². The van der Waals surface area contributed by atoms with Crippen molar-refractivity contribution in [2.75, 3.05) is 0 Å². The molecule has 0 atom stereocenters. The van der Waals surface area contributed by atoms with Crippen molar-refractivity contribution in [3.8, 4) is 22.9 Å². The first kappa shape index (κ1) is 12.6. The molecule has 2 rings (SSSR count). The highest BCUT2D eigenvalue weighted by Gasteiger charge is 2.01. The summed E-state index contributed by atoms with van der Waals surface area (Å²) in [4.78, 5) is 11.0. The summed E-state index contributed by atoms with van der Waals surface area (Å²) in [7, 11) is 0. The minimum absolute atomic E-state index is 0.474. The Morgan fingerprint density at radius 3 is 2.05 bits per heavy atom. The van der Waals surface area contributed by atoms with Gasteiger partial charge in [-0.05, 0) is 35.4 Å². The first-order valence-electron chi connectivity index (χ1n) is 5.68. The van der Waals surface area contributed by atoms with E-state index in [1.807, 2.05) is 24.3 Å². The second kappa shape index (κ2) is 5.65. The lowest BCUT2D eigenvalue weighted by atomic mass is 10.0. The molecule has 3 heteroatoms. The van der Waals surface area contributed by atoms with Gasteiger partial charge in [-0.1, -0.05) is 30.8 Å². The van der Waals surface area contributed by atoms with E-state index in [4.69, 9.17) is 10.00 Å². The summed E-state index contributed by atoms with van der Waals surface area (Å²) < 4.78 is 4.99. The smallest absolute Gasteiger partial charge is 0.335 e. The van der Waals surface area contributed by atoms with Crippen molar-refractivity contribution in [1.29, 1.82) is 5.26 Å². The largest absolute Gasteiger partial charge is 0.423 e. The highest BCUT2D eigenvalue weighted by Crippen LogP contribution is 2.22. The molecule has 92 valence electrons. The molecule has 19 heavy (non-hydrogen) atoms. The van der Waals surface area contributed by atoms with Crippen LogP contribution < -0.4 is 4.74 Å². The molecule has 0 saturated carbocycles. The molecule has 2 aromatic carbocycles. The van der Waals surface area contributed by atoms with Gasteiger partial charge in [0.1, 0.15) is 5.75 Å². The summed E-state index contributed by atoms with van der Waals surface area (Å²) in [5.74, 6) is -0.00609. The highest BCUT2D eigenvalue weighted by atomic mass is 16.5. The molecule has 0 radical (unpaired) electrons. The summed E-state index contributed by atoms with van der Waals surface area (Å²) in [6.45, 7) is 3.34. The van der Waals surface area contributed by atoms with Gasteiger partial charge < -0.3 is 4.74 Å². The summed E-state index contributed by atoms with van der Waals surface area (Å²) >= 11 is 0. The predicted molar refractivity (Wildman–Crippen MR) is 72.4 cm³/mol. The van der Waals surface area contributed by atoms with Crippen molar-refractivity contribution in [2.45, 2.75) is 0 Å². The zero-order valence-corrected chi connectivity index (χ0v) is 10.2. The third-order valence-corrected chi connectivity index (χ3v) is 2.59. The van der Waals surface area contributed by atoms with Gasteiger partial charge in [-0.2, -0.15) is 5.26 Å². The van der Waals surface area contributed by atoms with Gasteiger partial charge in [-0.15, -0.1) is 0 Å². The van der Waals surface area contributed by atoms with Gasteiger partial charge >= 0.3 is 5.97 Å². The summed E-state index contributed by atoms with van der Waals surface area (Å²) in [6, 6.07) is 16.5. The minimum Gasteiger partial charge on any atom is -0.423 e. The Bertz CT molecular complexity index is 634. The van der Waals surface area contributed by atoms with E-state index in [-0.39, 0.29) is 0 Å². The van der Waals surface area contributed by atoms with Crippen molar-refractivity contribution in [3.63, 3.8) is 0 Å². The average Bonchev–Trinajstić information content (AvgIpc) is 2.48. The maximum atomic E-state index is 11.0. The van der Waals surface area contributed by atoms with E-state index < -0.39 is 5.97 Å². The van der Waals surface area contributed by atoms with Gasteiger partial charge in [-0.25, -0.2) is 4.79 Å². The first-order chi connectivity index (χ1) is 9.22. The zero-order valence-electron chi connectivity index (χ0n) is 10.2. The number of carbonyl (C=O) groups is 1. The van der Waals surface area contributed by atoms with E-state index >= 15 is 0 Å². The van der Waals surface area contributed by atoms with Crippen LogP contribution in [0.1, 0.15) is 5.56 Å². The van der Waals surface area contributed by atoms with Crippen LogP contribution in [0.4, 0.5) is 0 Å². The van der Waals surface area contributed by atoms with E-state index in [1.165, 1.54) is 0 Å². The van der Waals surface area contributed by atoms with Crippen molar-refractivity contribution in [1.82, 2.24) is 0 Å². The molecule has 0 aromatic heterocycles. The number of hydrogen-bond donors (Lipinski definition) is 0. The Morgan fingerprint density at radius 2 is 1.58 bits per heavy atom. The van der Waals surface area contributed by atoms with Crippen LogP contribution in [0.25, 0.3) is 11.1 Å². The van der Waals surface area contributed by atoms with E-state index in [9.17, 15) is 4.79 Å². The number of carbonyl (C=O) groups excluding carboxylic acids is 1. The van der Waals surface area contributed by atoms with E-state index in [2.05, 4.69) is 12.6 Å². The molecule has 0 saturated heterocycles. The van der Waals surface area contributed by atoms with Gasteiger partial charge in [0, 0.05) is 6.08 Å². The second-order valence-corrected chi connectivity index (χ2v) is 3.84. The van der Waals surface area contributed by atoms with Gasteiger partial charge in [0.15, 0.2) is 0 Å². The lowest BCUT2D eigenvalue weighted by molar-refractivity contribution is -0.128. The Morgan fingerprint density at radius 1 is 1.05 bits per heavy atom. The molecule has 0 aliphatic heterocycles.